The Morgan fingerprint density at radius 3 is 2.42 bits per heavy atom. The third kappa shape index (κ3) is 4.75. The van der Waals surface area contributed by atoms with Gasteiger partial charge in [-0.15, -0.1) is 0 Å². The molecular weight excluding hydrogens is 438 g/mol. The number of nitrogens with zero attached hydrogens (tertiary/aromatic N) is 2. The van der Waals surface area contributed by atoms with Crippen LogP contribution in [-0.4, -0.2) is 38.3 Å². The number of thiazole rings is 1. The van der Waals surface area contributed by atoms with E-state index in [0.717, 1.165) is 32.1 Å². The predicted molar refractivity (Wildman–Crippen MR) is 125 cm³/mol. The Bertz CT molecular complexity index is 1250. The zero-order chi connectivity index (χ0) is 22.8. The molecule has 0 radical (unpaired) electrons. The molecule has 10 heteroatoms. The molecule has 3 aromatic rings. The van der Waals surface area contributed by atoms with Crippen LogP contribution in [0.4, 0.5) is 11.4 Å². The minimum atomic E-state index is -3.74. The first-order valence-corrected chi connectivity index (χ1v) is 12.4. The van der Waals surface area contributed by atoms with E-state index in [4.69, 9.17) is 4.74 Å². The highest BCUT2D eigenvalue weighted by Crippen LogP contribution is 2.27. The number of sulfonamides is 1. The van der Waals surface area contributed by atoms with Gasteiger partial charge in [-0.2, -0.15) is 0 Å². The maximum atomic E-state index is 13.1. The first-order chi connectivity index (χ1) is 14.7. The fourth-order valence-electron chi connectivity index (χ4n) is 3.46. The molecule has 166 valence electrons. The van der Waals surface area contributed by atoms with Crippen molar-refractivity contribution in [3.63, 3.8) is 0 Å². The van der Waals surface area contributed by atoms with Gasteiger partial charge in [0, 0.05) is 12.2 Å². The summed E-state index contributed by atoms with van der Waals surface area (Å²) in [5.41, 5.74) is 1.68. The Labute approximate surface area is 185 Å². The third-order valence-electron chi connectivity index (χ3n) is 4.91. The molecule has 1 amide bonds. The lowest BCUT2D eigenvalue weighted by molar-refractivity contribution is -0.117. The van der Waals surface area contributed by atoms with Gasteiger partial charge in [0.2, 0.25) is 15.9 Å². The molecule has 8 nitrogen and oxygen atoms in total. The number of benzene rings is 2. The summed E-state index contributed by atoms with van der Waals surface area (Å²) in [4.78, 5) is 25.1. The van der Waals surface area contributed by atoms with Gasteiger partial charge in [0.25, 0.3) is 0 Å². The number of methoxy groups -OCH3 is 1. The summed E-state index contributed by atoms with van der Waals surface area (Å²) in [6, 6.07) is 10.8. The van der Waals surface area contributed by atoms with Crippen molar-refractivity contribution in [2.75, 3.05) is 23.0 Å². The van der Waals surface area contributed by atoms with E-state index >= 15 is 0 Å². The normalized spacial score (nSPS) is 12.5. The summed E-state index contributed by atoms with van der Waals surface area (Å²) in [5, 5.41) is 2.80. The van der Waals surface area contributed by atoms with Crippen LogP contribution in [0.25, 0.3) is 10.2 Å². The minimum absolute atomic E-state index is 0.0600. The quantitative estimate of drug-likeness (QED) is 0.553. The van der Waals surface area contributed by atoms with Crippen LogP contribution in [-0.2, 0) is 21.4 Å². The third-order valence-corrected chi connectivity index (χ3v) is 7.03. The monoisotopic (exact) mass is 463 g/mol. The zero-order valence-corrected chi connectivity index (χ0v) is 19.4. The highest BCUT2D eigenvalue weighted by atomic mass is 32.2. The van der Waals surface area contributed by atoms with Crippen LogP contribution in [0.3, 0.4) is 0 Å². The summed E-state index contributed by atoms with van der Waals surface area (Å²) >= 11 is 1.11. The number of rotatable bonds is 8. The van der Waals surface area contributed by atoms with E-state index in [-0.39, 0.29) is 11.3 Å². The molecule has 0 aliphatic carbocycles. The van der Waals surface area contributed by atoms with E-state index in [1.807, 2.05) is 6.92 Å². The fourth-order valence-corrected chi connectivity index (χ4v) is 5.66. The van der Waals surface area contributed by atoms with E-state index in [1.54, 1.807) is 54.0 Å². The number of hydrogen-bond donors (Lipinski definition) is 1. The van der Waals surface area contributed by atoms with Gasteiger partial charge in [-0.25, -0.2) is 8.42 Å². The minimum Gasteiger partial charge on any atom is -0.497 e. The smallest absolute Gasteiger partial charge is 0.308 e. The number of fused-ring (bicyclic) bond motifs is 1. The number of nitrogens with one attached hydrogen (secondary N) is 1. The number of anilines is 2. The molecule has 0 aliphatic heterocycles. The first kappa shape index (κ1) is 22.8. The SMILES string of the molecule is CC[C@@H](C(=O)Nc1ccc2c(c1)sc(=O)n2CC)N(c1ccc(OC)cc1)S(C)(=O)=O. The van der Waals surface area contributed by atoms with Gasteiger partial charge in [0.1, 0.15) is 11.8 Å². The van der Waals surface area contributed by atoms with Gasteiger partial charge in [-0.1, -0.05) is 18.3 Å². The molecule has 1 aromatic heterocycles. The lowest BCUT2D eigenvalue weighted by Crippen LogP contribution is -2.46. The highest BCUT2D eigenvalue weighted by molar-refractivity contribution is 7.92. The average Bonchev–Trinajstić information content (AvgIpc) is 3.05. The second-order valence-corrected chi connectivity index (χ2v) is 9.82. The van der Waals surface area contributed by atoms with E-state index in [0.29, 0.717) is 23.7 Å². The Morgan fingerprint density at radius 1 is 1.19 bits per heavy atom. The van der Waals surface area contributed by atoms with Crippen molar-refractivity contribution in [3.05, 3.63) is 52.1 Å². The van der Waals surface area contributed by atoms with Crippen molar-refractivity contribution < 1.29 is 17.9 Å². The molecule has 2 aromatic carbocycles. The van der Waals surface area contributed by atoms with E-state index in [2.05, 4.69) is 5.32 Å². The van der Waals surface area contributed by atoms with Gasteiger partial charge < -0.3 is 10.1 Å². The van der Waals surface area contributed by atoms with Gasteiger partial charge in [-0.3, -0.25) is 18.5 Å². The number of aromatic nitrogens is 1. The van der Waals surface area contributed by atoms with Gasteiger partial charge in [0.05, 0.1) is 29.3 Å². The topological polar surface area (TPSA) is 97.7 Å². The van der Waals surface area contributed by atoms with Gasteiger partial charge in [-0.05, 0) is 55.8 Å². The Balaban J connectivity index is 1.92. The number of carbonyl (C=O) groups is 1. The standard InChI is InChI=1S/C21H25N3O5S2/c1-5-17(24(31(4,27)28)15-8-10-16(29-3)11-9-15)20(25)22-14-7-12-18-19(13-14)30-21(26)23(18)6-2/h7-13,17H,5-6H2,1-4H3,(H,22,25)/t17-/m0/s1. The van der Waals surface area contributed by atoms with Crippen molar-refractivity contribution >= 4 is 48.9 Å². The van der Waals surface area contributed by atoms with Crippen molar-refractivity contribution in [2.24, 2.45) is 0 Å². The maximum Gasteiger partial charge on any atom is 0.308 e. The van der Waals surface area contributed by atoms with Crippen LogP contribution >= 0.6 is 11.3 Å². The van der Waals surface area contributed by atoms with Crippen LogP contribution in [0.15, 0.2) is 47.3 Å². The molecule has 1 atom stereocenters. The van der Waals surface area contributed by atoms with Crippen molar-refractivity contribution in [2.45, 2.75) is 32.9 Å². The first-order valence-electron chi connectivity index (χ1n) is 9.77. The lowest BCUT2D eigenvalue weighted by atomic mass is 10.1. The molecule has 0 spiro atoms. The van der Waals surface area contributed by atoms with Crippen LogP contribution in [0.5, 0.6) is 5.75 Å². The summed E-state index contributed by atoms with van der Waals surface area (Å²) in [6.45, 7) is 4.21. The molecule has 1 heterocycles. The van der Waals surface area contributed by atoms with Gasteiger partial charge >= 0.3 is 4.87 Å². The largest absolute Gasteiger partial charge is 0.497 e. The van der Waals surface area contributed by atoms with Crippen LogP contribution in [0.2, 0.25) is 0 Å². The predicted octanol–water partition coefficient (Wildman–Crippen LogP) is 3.27. The van der Waals surface area contributed by atoms with Gasteiger partial charge in [0.15, 0.2) is 0 Å². The van der Waals surface area contributed by atoms with E-state index in [9.17, 15) is 18.0 Å². The number of carbonyl (C=O) groups excluding carboxylic acids is 1. The molecule has 3 rings (SSSR count). The second-order valence-electron chi connectivity index (χ2n) is 6.96. The number of amides is 1. The molecule has 1 N–H and O–H groups in total. The Hall–Kier alpha value is -2.85. The van der Waals surface area contributed by atoms with Crippen molar-refractivity contribution in [3.8, 4) is 5.75 Å². The molecule has 0 fully saturated rings. The number of hydrogen-bond acceptors (Lipinski definition) is 6. The zero-order valence-electron chi connectivity index (χ0n) is 17.8. The lowest BCUT2D eigenvalue weighted by Gasteiger charge is -2.30. The fraction of sp³-hybridized carbons (Fsp3) is 0.333. The summed E-state index contributed by atoms with van der Waals surface area (Å²) in [7, 11) is -2.22. The molecule has 0 saturated carbocycles. The van der Waals surface area contributed by atoms with Crippen LogP contribution < -0.4 is 19.2 Å². The number of ether oxygens (including phenoxy) is 1. The van der Waals surface area contributed by atoms with Crippen molar-refractivity contribution in [1.29, 1.82) is 0 Å². The Kier molecular flexibility index (Phi) is 6.71. The van der Waals surface area contributed by atoms with Crippen molar-refractivity contribution in [1.82, 2.24) is 4.57 Å². The summed E-state index contributed by atoms with van der Waals surface area (Å²) < 4.78 is 33.8. The molecule has 0 bridgehead atoms. The Morgan fingerprint density at radius 2 is 1.87 bits per heavy atom. The summed E-state index contributed by atoms with van der Waals surface area (Å²) in [5.74, 6) is 0.131. The average molecular weight is 464 g/mol. The molecule has 0 aliphatic rings. The molecular formula is C21H25N3O5S2. The van der Waals surface area contributed by atoms with E-state index < -0.39 is 22.0 Å². The number of aryl methyl sites for hydroxylation is 1. The van der Waals surface area contributed by atoms with Crippen LogP contribution in [0, 0.1) is 0 Å². The van der Waals surface area contributed by atoms with E-state index in [1.165, 1.54) is 7.11 Å². The molecule has 0 unspecified atom stereocenters. The van der Waals surface area contributed by atoms with Crippen LogP contribution in [0.1, 0.15) is 20.3 Å². The summed E-state index contributed by atoms with van der Waals surface area (Å²) in [6.07, 6.45) is 1.34. The maximum absolute atomic E-state index is 13.1. The highest BCUT2D eigenvalue weighted by Gasteiger charge is 2.31. The second kappa shape index (κ2) is 9.11. The molecule has 31 heavy (non-hydrogen) atoms. The molecule has 0 saturated heterocycles.